The first-order valence-electron chi connectivity index (χ1n) is 10.5. The Morgan fingerprint density at radius 1 is 1.11 bits per heavy atom. The second-order valence-electron chi connectivity index (χ2n) is 7.87. The Balaban J connectivity index is 1.42. The zero-order valence-corrected chi connectivity index (χ0v) is 17.0. The number of benzene rings is 1. The van der Waals surface area contributed by atoms with Crippen molar-refractivity contribution in [3.8, 4) is 5.69 Å². The summed E-state index contributed by atoms with van der Waals surface area (Å²) in [4.78, 5) is 12.7. The Morgan fingerprint density at radius 2 is 1.86 bits per heavy atom. The largest absolute Gasteiger partial charge is 0.382 e. The number of ether oxygens (including phenoxy) is 1. The Hall–Kier alpha value is -1.85. The highest BCUT2D eigenvalue weighted by atomic mass is 35.5. The molecule has 0 radical (unpaired) electrons. The molecule has 0 bridgehead atoms. The summed E-state index contributed by atoms with van der Waals surface area (Å²) >= 11 is 6.34. The van der Waals surface area contributed by atoms with Crippen LogP contribution in [0.1, 0.15) is 62.8 Å². The van der Waals surface area contributed by atoms with E-state index in [0.29, 0.717) is 24.3 Å². The number of halogens is 1. The summed E-state index contributed by atoms with van der Waals surface area (Å²) in [6.45, 7) is 1.56. The normalized spacial score (nSPS) is 20.4. The van der Waals surface area contributed by atoms with Crippen LogP contribution in [0, 0.1) is 0 Å². The van der Waals surface area contributed by atoms with E-state index in [2.05, 4.69) is 22.5 Å². The maximum absolute atomic E-state index is 12.7. The van der Waals surface area contributed by atoms with Crippen LogP contribution in [0.25, 0.3) is 5.69 Å². The van der Waals surface area contributed by atoms with E-state index in [1.54, 1.807) is 6.20 Å². The van der Waals surface area contributed by atoms with Crippen LogP contribution in [-0.4, -0.2) is 29.0 Å². The van der Waals surface area contributed by atoms with E-state index in [9.17, 15) is 4.79 Å². The predicted molar refractivity (Wildman–Crippen MR) is 113 cm³/mol. The lowest BCUT2D eigenvalue weighted by molar-refractivity contribution is 0.0134. The summed E-state index contributed by atoms with van der Waals surface area (Å²) in [5, 5.41) is 7.75. The second kappa shape index (κ2) is 9.10. The van der Waals surface area contributed by atoms with E-state index in [1.165, 1.54) is 42.3 Å². The number of hydrogen-bond acceptors (Lipinski definition) is 4. The topological polar surface area (TPSA) is 56.1 Å². The van der Waals surface area contributed by atoms with Crippen molar-refractivity contribution in [1.82, 2.24) is 9.78 Å². The minimum atomic E-state index is -0.297. The second-order valence-corrected chi connectivity index (χ2v) is 8.24. The summed E-state index contributed by atoms with van der Waals surface area (Å²) in [6, 6.07) is 8.16. The summed E-state index contributed by atoms with van der Waals surface area (Å²) in [7, 11) is 0. The van der Waals surface area contributed by atoms with Gasteiger partial charge in [-0.25, -0.2) is 0 Å². The summed E-state index contributed by atoms with van der Waals surface area (Å²) in [6.07, 6.45) is 11.5. The lowest BCUT2D eigenvalue weighted by Crippen LogP contribution is -2.24. The number of nitrogens with zero attached hydrogens (tertiary/aromatic N) is 2. The maximum Gasteiger partial charge on any atom is 0.292 e. The third-order valence-corrected chi connectivity index (χ3v) is 6.30. The van der Waals surface area contributed by atoms with Gasteiger partial charge in [0, 0.05) is 13.2 Å². The molecule has 1 N–H and O–H groups in total. The molecule has 6 heteroatoms. The Kier molecular flexibility index (Phi) is 6.33. The number of nitrogens with one attached hydrogen (secondary N) is 1. The standard InChI is InChI=1S/C22H28ClN3O2/c23-21-20(24-13-12-19-7-3-4-14-28-19)15-25-26(22(21)27)18-10-8-17(9-11-18)16-5-1-2-6-16/h8-11,15-16,19,24H,1-7,12-14H2. The van der Waals surface area contributed by atoms with Crippen molar-refractivity contribution in [3.63, 3.8) is 0 Å². The number of rotatable bonds is 6. The van der Waals surface area contributed by atoms with Crippen LogP contribution in [0.4, 0.5) is 5.69 Å². The highest BCUT2D eigenvalue weighted by Gasteiger charge is 2.18. The molecule has 1 unspecified atom stereocenters. The summed E-state index contributed by atoms with van der Waals surface area (Å²) in [5.74, 6) is 0.655. The lowest BCUT2D eigenvalue weighted by atomic mass is 9.98. The molecule has 0 spiro atoms. The van der Waals surface area contributed by atoms with Gasteiger partial charge in [0.1, 0.15) is 5.02 Å². The van der Waals surface area contributed by atoms with Gasteiger partial charge >= 0.3 is 0 Å². The molecule has 150 valence electrons. The molecule has 1 aromatic carbocycles. The molecule has 0 amide bonds. The zero-order chi connectivity index (χ0) is 19.3. The summed E-state index contributed by atoms with van der Waals surface area (Å²) in [5.41, 5.74) is 2.38. The van der Waals surface area contributed by atoms with Gasteiger partial charge < -0.3 is 10.1 Å². The van der Waals surface area contributed by atoms with Crippen molar-refractivity contribution in [2.24, 2.45) is 0 Å². The van der Waals surface area contributed by atoms with Gasteiger partial charge in [-0.2, -0.15) is 9.78 Å². The molecular weight excluding hydrogens is 374 g/mol. The first-order chi connectivity index (χ1) is 13.7. The van der Waals surface area contributed by atoms with Crippen LogP contribution in [0.5, 0.6) is 0 Å². The molecule has 1 aliphatic heterocycles. The lowest BCUT2D eigenvalue weighted by Gasteiger charge is -2.22. The van der Waals surface area contributed by atoms with Crippen LogP contribution in [-0.2, 0) is 4.74 Å². The molecule has 1 saturated heterocycles. The van der Waals surface area contributed by atoms with Crippen LogP contribution in [0.15, 0.2) is 35.3 Å². The van der Waals surface area contributed by atoms with Crippen LogP contribution in [0.3, 0.4) is 0 Å². The molecule has 1 aromatic heterocycles. The highest BCUT2D eigenvalue weighted by Crippen LogP contribution is 2.34. The molecule has 5 nitrogen and oxygen atoms in total. The fourth-order valence-corrected chi connectivity index (χ4v) is 4.49. The van der Waals surface area contributed by atoms with Gasteiger partial charge in [-0.3, -0.25) is 4.79 Å². The third-order valence-electron chi connectivity index (χ3n) is 5.94. The van der Waals surface area contributed by atoms with Gasteiger partial charge in [0.25, 0.3) is 5.56 Å². The van der Waals surface area contributed by atoms with Crippen molar-refractivity contribution >= 4 is 17.3 Å². The van der Waals surface area contributed by atoms with E-state index in [4.69, 9.17) is 16.3 Å². The van der Waals surface area contributed by atoms with E-state index in [1.807, 2.05) is 12.1 Å². The van der Waals surface area contributed by atoms with Gasteiger partial charge in [-0.05, 0) is 62.1 Å². The van der Waals surface area contributed by atoms with E-state index >= 15 is 0 Å². The predicted octanol–water partition coefficient (Wildman–Crippen LogP) is 4.91. The Bertz CT molecular complexity index is 838. The van der Waals surface area contributed by atoms with Crippen molar-refractivity contribution in [3.05, 3.63) is 51.4 Å². The van der Waals surface area contributed by atoms with E-state index in [-0.39, 0.29) is 10.6 Å². The van der Waals surface area contributed by atoms with Crippen molar-refractivity contribution in [2.75, 3.05) is 18.5 Å². The van der Waals surface area contributed by atoms with E-state index < -0.39 is 0 Å². The smallest absolute Gasteiger partial charge is 0.292 e. The molecule has 1 atom stereocenters. The first-order valence-corrected chi connectivity index (χ1v) is 10.8. The van der Waals surface area contributed by atoms with Crippen LogP contribution in [0.2, 0.25) is 5.02 Å². The van der Waals surface area contributed by atoms with Gasteiger partial charge in [-0.15, -0.1) is 0 Å². The fourth-order valence-electron chi connectivity index (χ4n) is 4.29. The van der Waals surface area contributed by atoms with Crippen molar-refractivity contribution in [2.45, 2.75) is 63.4 Å². The van der Waals surface area contributed by atoms with Crippen LogP contribution >= 0.6 is 11.6 Å². The van der Waals surface area contributed by atoms with Gasteiger partial charge in [0.2, 0.25) is 0 Å². The molecule has 4 rings (SSSR count). The SMILES string of the molecule is O=c1c(Cl)c(NCCC2CCCCO2)cnn1-c1ccc(C2CCCC2)cc1. The van der Waals surface area contributed by atoms with Crippen molar-refractivity contribution < 1.29 is 4.74 Å². The quantitative estimate of drug-likeness (QED) is 0.746. The molecule has 1 aliphatic carbocycles. The van der Waals surface area contributed by atoms with Gasteiger partial charge in [0.15, 0.2) is 0 Å². The van der Waals surface area contributed by atoms with Crippen LogP contribution < -0.4 is 10.9 Å². The number of aromatic nitrogens is 2. The Labute approximate surface area is 171 Å². The molecular formula is C22H28ClN3O2. The molecule has 2 aliphatic rings. The number of anilines is 1. The average molecular weight is 402 g/mol. The molecule has 2 fully saturated rings. The minimum absolute atomic E-state index is 0.180. The minimum Gasteiger partial charge on any atom is -0.382 e. The van der Waals surface area contributed by atoms with Gasteiger partial charge in [-0.1, -0.05) is 36.6 Å². The molecule has 28 heavy (non-hydrogen) atoms. The molecule has 2 heterocycles. The monoisotopic (exact) mass is 401 g/mol. The molecule has 2 aromatic rings. The number of hydrogen-bond donors (Lipinski definition) is 1. The third kappa shape index (κ3) is 4.41. The summed E-state index contributed by atoms with van der Waals surface area (Å²) < 4.78 is 7.11. The highest BCUT2D eigenvalue weighted by molar-refractivity contribution is 6.32. The Morgan fingerprint density at radius 3 is 2.57 bits per heavy atom. The average Bonchev–Trinajstić information content (AvgIpc) is 3.27. The van der Waals surface area contributed by atoms with Crippen molar-refractivity contribution in [1.29, 1.82) is 0 Å². The first kappa shape index (κ1) is 19.5. The maximum atomic E-state index is 12.7. The zero-order valence-electron chi connectivity index (χ0n) is 16.2. The van der Waals surface area contributed by atoms with Gasteiger partial charge in [0.05, 0.1) is 23.7 Å². The molecule has 1 saturated carbocycles. The van der Waals surface area contributed by atoms with E-state index in [0.717, 1.165) is 31.6 Å². The fraction of sp³-hybridized carbons (Fsp3) is 0.545.